The third kappa shape index (κ3) is 7.12. The summed E-state index contributed by atoms with van der Waals surface area (Å²) in [7, 11) is 0. The van der Waals surface area contributed by atoms with Crippen LogP contribution < -0.4 is 10.6 Å². The van der Waals surface area contributed by atoms with E-state index in [1.54, 1.807) is 0 Å². The number of hydrogen-bond acceptors (Lipinski definition) is 4. The maximum atomic E-state index is 12.9. The minimum Gasteiger partial charge on any atom is -0.350 e. The van der Waals surface area contributed by atoms with Crippen molar-refractivity contribution in [2.45, 2.75) is 66.5 Å². The van der Waals surface area contributed by atoms with Gasteiger partial charge in [0.05, 0.1) is 12.6 Å². The van der Waals surface area contributed by atoms with E-state index in [1.165, 1.54) is 5.56 Å². The first-order chi connectivity index (χ1) is 13.5. The highest BCUT2D eigenvalue weighted by molar-refractivity contribution is 5.96. The van der Waals surface area contributed by atoms with Crippen LogP contribution in [-0.4, -0.2) is 65.9 Å². The van der Waals surface area contributed by atoms with Gasteiger partial charge in [-0.05, 0) is 72.6 Å². The van der Waals surface area contributed by atoms with E-state index in [0.717, 1.165) is 49.4 Å². The number of nitrogens with one attached hydrogen (secondary N) is 2. The number of carbonyl (C=O) groups is 2. The normalized spacial score (nSPS) is 17.5. The second-order valence-electron chi connectivity index (χ2n) is 9.40. The molecule has 0 spiro atoms. The van der Waals surface area contributed by atoms with Crippen molar-refractivity contribution in [1.29, 1.82) is 0 Å². The fourth-order valence-corrected chi connectivity index (χ4v) is 3.97. The van der Waals surface area contributed by atoms with Gasteiger partial charge in [-0.15, -0.1) is 0 Å². The van der Waals surface area contributed by atoms with Gasteiger partial charge in [0.2, 0.25) is 11.8 Å². The standard InChI is InChI=1S/C23H38N4O2/c1-16-13-17(2)21(18(3)14-16)24-22(29)19(4)27-10-8-9-26(11-12-27)15-20(28)25-23(5,6)7/h13-14,19H,8-12,15H2,1-7H3,(H,24,29)(H,25,28)/t19-/m0/s1. The van der Waals surface area contributed by atoms with Crippen molar-refractivity contribution < 1.29 is 9.59 Å². The highest BCUT2D eigenvalue weighted by atomic mass is 16.2. The van der Waals surface area contributed by atoms with Gasteiger partial charge in [-0.1, -0.05) is 17.7 Å². The molecule has 1 saturated heterocycles. The van der Waals surface area contributed by atoms with Crippen molar-refractivity contribution in [3.05, 3.63) is 28.8 Å². The van der Waals surface area contributed by atoms with Crippen LogP contribution in [0.25, 0.3) is 0 Å². The van der Waals surface area contributed by atoms with Crippen LogP contribution in [0.1, 0.15) is 50.8 Å². The second-order valence-corrected chi connectivity index (χ2v) is 9.40. The summed E-state index contributed by atoms with van der Waals surface area (Å²) in [6, 6.07) is 3.98. The Balaban J connectivity index is 1.92. The van der Waals surface area contributed by atoms with Crippen molar-refractivity contribution in [3.8, 4) is 0 Å². The number of aryl methyl sites for hydroxylation is 3. The van der Waals surface area contributed by atoms with Crippen molar-refractivity contribution in [2.75, 3.05) is 38.0 Å². The average Bonchev–Trinajstić information content (AvgIpc) is 2.81. The lowest BCUT2D eigenvalue weighted by atomic mass is 10.0. The minimum absolute atomic E-state index is 0.0268. The zero-order valence-electron chi connectivity index (χ0n) is 19.2. The van der Waals surface area contributed by atoms with Gasteiger partial charge >= 0.3 is 0 Å². The molecule has 1 fully saturated rings. The van der Waals surface area contributed by atoms with Crippen LogP contribution in [0.15, 0.2) is 12.1 Å². The number of nitrogens with zero attached hydrogens (tertiary/aromatic N) is 2. The predicted molar refractivity (Wildman–Crippen MR) is 119 cm³/mol. The smallest absolute Gasteiger partial charge is 0.241 e. The third-order valence-corrected chi connectivity index (χ3v) is 5.36. The summed E-state index contributed by atoms with van der Waals surface area (Å²) >= 11 is 0. The number of carbonyl (C=O) groups excluding carboxylic acids is 2. The molecular weight excluding hydrogens is 364 g/mol. The summed E-state index contributed by atoms with van der Waals surface area (Å²) in [5, 5.41) is 6.16. The Hall–Kier alpha value is -1.92. The molecule has 2 rings (SSSR count). The van der Waals surface area contributed by atoms with Crippen LogP contribution in [0, 0.1) is 20.8 Å². The Labute approximate surface area is 176 Å². The first-order valence-corrected chi connectivity index (χ1v) is 10.6. The Kier molecular flexibility index (Phi) is 7.83. The number of amides is 2. The molecule has 162 valence electrons. The lowest BCUT2D eigenvalue weighted by Crippen LogP contribution is -2.47. The Bertz CT molecular complexity index is 716. The summed E-state index contributed by atoms with van der Waals surface area (Å²) in [5.74, 6) is 0.0843. The predicted octanol–water partition coefficient (Wildman–Crippen LogP) is 2.86. The first kappa shape index (κ1) is 23.4. The molecule has 0 unspecified atom stereocenters. The quantitative estimate of drug-likeness (QED) is 0.795. The maximum absolute atomic E-state index is 12.9. The molecule has 6 nitrogen and oxygen atoms in total. The summed E-state index contributed by atoms with van der Waals surface area (Å²) in [5.41, 5.74) is 4.09. The van der Waals surface area contributed by atoms with E-state index in [9.17, 15) is 9.59 Å². The number of anilines is 1. The monoisotopic (exact) mass is 402 g/mol. The Morgan fingerprint density at radius 3 is 2.24 bits per heavy atom. The highest BCUT2D eigenvalue weighted by Crippen LogP contribution is 2.22. The zero-order chi connectivity index (χ0) is 21.8. The number of hydrogen-bond donors (Lipinski definition) is 2. The van der Waals surface area contributed by atoms with E-state index in [0.29, 0.717) is 6.54 Å². The molecule has 2 N–H and O–H groups in total. The Morgan fingerprint density at radius 1 is 1.03 bits per heavy atom. The fourth-order valence-electron chi connectivity index (χ4n) is 3.97. The molecule has 1 heterocycles. The topological polar surface area (TPSA) is 64.7 Å². The number of benzene rings is 1. The summed E-state index contributed by atoms with van der Waals surface area (Å²) in [4.78, 5) is 29.5. The van der Waals surface area contributed by atoms with E-state index < -0.39 is 0 Å². The van der Waals surface area contributed by atoms with Gasteiger partial charge in [0.1, 0.15) is 0 Å². The van der Waals surface area contributed by atoms with E-state index in [1.807, 2.05) is 41.5 Å². The molecule has 0 radical (unpaired) electrons. The SMILES string of the molecule is Cc1cc(C)c(NC(=O)[C@H](C)N2CCCN(CC(=O)NC(C)(C)C)CC2)c(C)c1. The second kappa shape index (κ2) is 9.72. The molecule has 29 heavy (non-hydrogen) atoms. The van der Waals surface area contributed by atoms with Crippen LogP contribution in [-0.2, 0) is 9.59 Å². The van der Waals surface area contributed by atoms with Gasteiger partial charge in [0.25, 0.3) is 0 Å². The minimum atomic E-state index is -0.214. The summed E-state index contributed by atoms with van der Waals surface area (Å²) in [6.45, 7) is 17.8. The zero-order valence-corrected chi connectivity index (χ0v) is 19.2. The molecule has 0 aliphatic carbocycles. The van der Waals surface area contributed by atoms with E-state index in [2.05, 4.69) is 39.5 Å². The maximum Gasteiger partial charge on any atom is 0.241 e. The van der Waals surface area contributed by atoms with Crippen molar-refractivity contribution in [2.24, 2.45) is 0 Å². The van der Waals surface area contributed by atoms with Crippen LogP contribution in [0.4, 0.5) is 5.69 Å². The van der Waals surface area contributed by atoms with Gasteiger partial charge in [-0.3, -0.25) is 19.4 Å². The van der Waals surface area contributed by atoms with Crippen molar-refractivity contribution >= 4 is 17.5 Å². The lowest BCUT2D eigenvalue weighted by Gasteiger charge is -2.28. The molecule has 2 amide bonds. The van der Waals surface area contributed by atoms with Gasteiger partial charge in [-0.25, -0.2) is 0 Å². The molecule has 0 aromatic heterocycles. The Morgan fingerprint density at radius 2 is 1.66 bits per heavy atom. The van der Waals surface area contributed by atoms with E-state index in [-0.39, 0.29) is 23.4 Å². The molecule has 0 saturated carbocycles. The molecule has 1 aliphatic rings. The largest absolute Gasteiger partial charge is 0.350 e. The average molecular weight is 403 g/mol. The van der Waals surface area contributed by atoms with Gasteiger partial charge < -0.3 is 10.6 Å². The third-order valence-electron chi connectivity index (χ3n) is 5.36. The fraction of sp³-hybridized carbons (Fsp3) is 0.652. The van der Waals surface area contributed by atoms with Gasteiger partial charge in [-0.2, -0.15) is 0 Å². The molecule has 1 aromatic carbocycles. The first-order valence-electron chi connectivity index (χ1n) is 10.6. The summed E-state index contributed by atoms with van der Waals surface area (Å²) in [6.07, 6.45) is 0.947. The summed E-state index contributed by atoms with van der Waals surface area (Å²) < 4.78 is 0. The molecule has 1 aromatic rings. The van der Waals surface area contributed by atoms with Crippen molar-refractivity contribution in [1.82, 2.24) is 15.1 Å². The number of rotatable bonds is 5. The molecular formula is C23H38N4O2. The molecule has 0 bridgehead atoms. The van der Waals surface area contributed by atoms with E-state index in [4.69, 9.17) is 0 Å². The van der Waals surface area contributed by atoms with Crippen LogP contribution in [0.2, 0.25) is 0 Å². The highest BCUT2D eigenvalue weighted by Gasteiger charge is 2.26. The van der Waals surface area contributed by atoms with Crippen LogP contribution in [0.5, 0.6) is 0 Å². The van der Waals surface area contributed by atoms with Crippen molar-refractivity contribution in [3.63, 3.8) is 0 Å². The lowest BCUT2D eigenvalue weighted by molar-refractivity contribution is -0.124. The van der Waals surface area contributed by atoms with Crippen LogP contribution in [0.3, 0.4) is 0 Å². The van der Waals surface area contributed by atoms with Crippen LogP contribution >= 0.6 is 0 Å². The molecule has 6 heteroatoms. The molecule has 1 atom stereocenters. The van der Waals surface area contributed by atoms with Gasteiger partial charge in [0, 0.05) is 30.9 Å². The van der Waals surface area contributed by atoms with E-state index >= 15 is 0 Å². The molecule has 1 aliphatic heterocycles. The van der Waals surface area contributed by atoms with Gasteiger partial charge in [0.15, 0.2) is 0 Å².